The summed E-state index contributed by atoms with van der Waals surface area (Å²) in [6.45, 7) is 8.40. The van der Waals surface area contributed by atoms with Crippen LogP contribution in [0.25, 0.3) is 0 Å². The highest BCUT2D eigenvalue weighted by Gasteiger charge is 2.19. The summed E-state index contributed by atoms with van der Waals surface area (Å²) < 4.78 is 0.599. The molecule has 4 heteroatoms. The van der Waals surface area contributed by atoms with E-state index < -0.39 is 14.0 Å². The van der Waals surface area contributed by atoms with Gasteiger partial charge in [0.1, 0.15) is 0 Å². The molecule has 0 aromatic carbocycles. The van der Waals surface area contributed by atoms with Crippen LogP contribution < -0.4 is 0 Å². The molecule has 0 radical (unpaired) electrons. The first kappa shape index (κ1) is 15.6. The summed E-state index contributed by atoms with van der Waals surface area (Å²) >= 11 is 0. The number of quaternary nitrogens is 1. The molecular formula is C12H28NO2Si+. The molecule has 0 spiro atoms. The Labute approximate surface area is 101 Å². The minimum Gasteiger partial charge on any atom is -0.477 e. The average Bonchev–Trinajstić information content (AvgIpc) is 1.98. The fourth-order valence-electron chi connectivity index (χ4n) is 1.82. The Bertz CT molecular complexity index is 222. The molecule has 0 fully saturated rings. The third kappa shape index (κ3) is 10.2. The number of hydrogen-bond acceptors (Lipinski definition) is 1. The van der Waals surface area contributed by atoms with Crippen LogP contribution in [0.15, 0.2) is 0 Å². The Hall–Kier alpha value is -0.353. The maximum absolute atomic E-state index is 10.6. The van der Waals surface area contributed by atoms with Gasteiger partial charge in [0.05, 0.1) is 20.6 Å². The second-order valence-corrected chi connectivity index (χ2v) is 12.2. The summed E-state index contributed by atoms with van der Waals surface area (Å²) in [7, 11) is 3.11. The summed E-state index contributed by atoms with van der Waals surface area (Å²) in [6, 6.07) is 1.39. The third-order valence-corrected chi connectivity index (χ3v) is 4.61. The number of rotatable bonds is 8. The molecule has 0 aliphatic heterocycles. The van der Waals surface area contributed by atoms with Gasteiger partial charge in [-0.05, 0) is 12.8 Å². The molecule has 16 heavy (non-hydrogen) atoms. The Morgan fingerprint density at radius 2 is 1.69 bits per heavy atom. The lowest BCUT2D eigenvalue weighted by Gasteiger charge is -2.27. The van der Waals surface area contributed by atoms with Gasteiger partial charge in [-0.15, -0.1) is 0 Å². The second kappa shape index (κ2) is 6.40. The van der Waals surface area contributed by atoms with Crippen LogP contribution in [0.2, 0.25) is 25.7 Å². The highest BCUT2D eigenvalue weighted by atomic mass is 28.3. The number of carboxylic acid groups (broad SMARTS) is 1. The summed E-state index contributed by atoms with van der Waals surface area (Å²) in [5, 5.41) is 8.75. The molecule has 0 saturated heterocycles. The molecule has 0 aromatic rings. The van der Waals surface area contributed by atoms with Gasteiger partial charge in [0.15, 0.2) is 6.54 Å². The minimum absolute atomic E-state index is 0.230. The van der Waals surface area contributed by atoms with Crippen molar-refractivity contribution in [3.63, 3.8) is 0 Å². The Morgan fingerprint density at radius 3 is 2.12 bits per heavy atom. The van der Waals surface area contributed by atoms with Crippen LogP contribution in [-0.4, -0.2) is 50.8 Å². The van der Waals surface area contributed by atoms with E-state index in [0.29, 0.717) is 4.48 Å². The number of likely N-dealkylation sites (N-methyl/N-ethyl adjacent to an activating group) is 1. The zero-order valence-corrected chi connectivity index (χ0v) is 12.5. The lowest BCUT2D eigenvalue weighted by atomic mass is 10.2. The zero-order chi connectivity index (χ0) is 12.8. The summed E-state index contributed by atoms with van der Waals surface area (Å²) in [6.07, 6.45) is 3.69. The van der Waals surface area contributed by atoms with Gasteiger partial charge in [-0.25, -0.2) is 4.79 Å². The Morgan fingerprint density at radius 1 is 1.12 bits per heavy atom. The number of nitrogens with zero attached hydrogens (tertiary/aromatic N) is 1. The highest BCUT2D eigenvalue weighted by Crippen LogP contribution is 2.14. The Balaban J connectivity index is 3.62. The molecule has 0 aliphatic rings. The standard InChI is InChI=1S/C12H27NO2Si/c1-13(2,11-12(14)15)9-7-6-8-10-16(3,4)5/h6-11H2,1-5H3/p+1. The van der Waals surface area contributed by atoms with E-state index in [1.165, 1.54) is 18.9 Å². The first-order valence-electron chi connectivity index (χ1n) is 6.16. The van der Waals surface area contributed by atoms with Crippen molar-refractivity contribution in [3.8, 4) is 0 Å². The van der Waals surface area contributed by atoms with Gasteiger partial charge >= 0.3 is 5.97 Å². The molecule has 0 amide bonds. The number of aliphatic carboxylic acids is 1. The van der Waals surface area contributed by atoms with Crippen molar-refractivity contribution in [3.05, 3.63) is 0 Å². The molecule has 0 aliphatic carbocycles. The van der Waals surface area contributed by atoms with Crippen molar-refractivity contribution < 1.29 is 14.4 Å². The highest BCUT2D eigenvalue weighted by molar-refractivity contribution is 6.76. The van der Waals surface area contributed by atoms with E-state index in [9.17, 15) is 4.79 Å². The smallest absolute Gasteiger partial charge is 0.359 e. The number of carboxylic acids is 1. The number of carbonyl (C=O) groups is 1. The predicted molar refractivity (Wildman–Crippen MR) is 71.5 cm³/mol. The SMILES string of the molecule is C[N+](C)(CCCCC[Si](C)(C)C)CC(=O)O. The van der Waals surface area contributed by atoms with Gasteiger partial charge in [-0.3, -0.25) is 0 Å². The maximum Gasteiger partial charge on any atom is 0.359 e. The summed E-state index contributed by atoms with van der Waals surface area (Å²) in [5.41, 5.74) is 0. The molecule has 0 saturated carbocycles. The van der Waals surface area contributed by atoms with E-state index >= 15 is 0 Å². The van der Waals surface area contributed by atoms with Crippen LogP contribution in [0.5, 0.6) is 0 Å². The van der Waals surface area contributed by atoms with Crippen LogP contribution in [-0.2, 0) is 4.79 Å². The predicted octanol–water partition coefficient (Wildman–Crippen LogP) is 2.66. The van der Waals surface area contributed by atoms with E-state index in [1.54, 1.807) is 0 Å². The van der Waals surface area contributed by atoms with E-state index in [2.05, 4.69) is 19.6 Å². The first-order chi connectivity index (χ1) is 7.12. The molecule has 3 nitrogen and oxygen atoms in total. The molecule has 0 rings (SSSR count). The summed E-state index contributed by atoms with van der Waals surface area (Å²) in [5.74, 6) is -0.702. The number of hydrogen-bond donors (Lipinski definition) is 1. The molecule has 0 bridgehead atoms. The molecule has 0 atom stereocenters. The largest absolute Gasteiger partial charge is 0.477 e. The van der Waals surface area contributed by atoms with Gasteiger partial charge < -0.3 is 9.59 Å². The lowest BCUT2D eigenvalue weighted by molar-refractivity contribution is -0.883. The normalized spacial score (nSPS) is 12.8. The van der Waals surface area contributed by atoms with Crippen molar-refractivity contribution in [2.24, 2.45) is 0 Å². The van der Waals surface area contributed by atoms with Gasteiger partial charge in [-0.2, -0.15) is 0 Å². The zero-order valence-electron chi connectivity index (χ0n) is 11.5. The lowest BCUT2D eigenvalue weighted by Crippen LogP contribution is -2.44. The average molecular weight is 246 g/mol. The Kier molecular flexibility index (Phi) is 6.26. The molecule has 1 N–H and O–H groups in total. The van der Waals surface area contributed by atoms with Crippen LogP contribution in [0, 0.1) is 0 Å². The topological polar surface area (TPSA) is 37.3 Å². The van der Waals surface area contributed by atoms with Crippen LogP contribution in [0.3, 0.4) is 0 Å². The van der Waals surface area contributed by atoms with Gasteiger partial charge in [0.25, 0.3) is 0 Å². The summed E-state index contributed by atoms with van der Waals surface area (Å²) in [4.78, 5) is 10.6. The van der Waals surface area contributed by atoms with Crippen LogP contribution in [0.1, 0.15) is 19.3 Å². The van der Waals surface area contributed by atoms with Gasteiger partial charge in [0, 0.05) is 8.07 Å². The van der Waals surface area contributed by atoms with Crippen molar-refractivity contribution in [2.45, 2.75) is 44.9 Å². The molecule has 0 unspecified atom stereocenters. The molecule has 0 heterocycles. The van der Waals surface area contributed by atoms with E-state index in [-0.39, 0.29) is 6.54 Å². The molecule has 0 aromatic heterocycles. The van der Waals surface area contributed by atoms with Crippen molar-refractivity contribution in [1.82, 2.24) is 0 Å². The van der Waals surface area contributed by atoms with Crippen LogP contribution >= 0.6 is 0 Å². The van der Waals surface area contributed by atoms with Crippen LogP contribution in [0.4, 0.5) is 0 Å². The molecular weight excluding hydrogens is 218 g/mol. The van der Waals surface area contributed by atoms with Gasteiger partial charge in [-0.1, -0.05) is 32.1 Å². The second-order valence-electron chi connectivity index (χ2n) is 6.58. The van der Waals surface area contributed by atoms with E-state index in [0.717, 1.165) is 13.0 Å². The fourth-order valence-corrected chi connectivity index (χ4v) is 3.13. The maximum atomic E-state index is 10.6. The third-order valence-electron chi connectivity index (χ3n) is 2.75. The van der Waals surface area contributed by atoms with E-state index in [1.807, 2.05) is 14.1 Å². The van der Waals surface area contributed by atoms with Crippen molar-refractivity contribution in [2.75, 3.05) is 27.2 Å². The monoisotopic (exact) mass is 246 g/mol. The fraction of sp³-hybridized carbons (Fsp3) is 0.917. The van der Waals surface area contributed by atoms with Crippen molar-refractivity contribution >= 4 is 14.0 Å². The van der Waals surface area contributed by atoms with Crippen molar-refractivity contribution in [1.29, 1.82) is 0 Å². The minimum atomic E-state index is -0.879. The van der Waals surface area contributed by atoms with E-state index in [4.69, 9.17) is 5.11 Å². The number of unbranched alkanes of at least 4 members (excludes halogenated alkanes) is 2. The molecule has 96 valence electrons. The first-order valence-corrected chi connectivity index (χ1v) is 9.87. The quantitative estimate of drug-likeness (QED) is 0.406. The van der Waals surface area contributed by atoms with Gasteiger partial charge in [0.2, 0.25) is 0 Å².